The molecule has 294 valence electrons. The Kier molecular flexibility index (Phi) is 9.40. The first kappa shape index (κ1) is 36.9. The van der Waals surface area contributed by atoms with Crippen LogP contribution in [0.15, 0.2) is 241 Å². The molecule has 0 unspecified atom stereocenters. The lowest BCUT2D eigenvalue weighted by atomic mass is 9.96. The number of hydrogen-bond acceptors (Lipinski definition) is 3. The molecule has 0 saturated carbocycles. The molecule has 0 N–H and O–H groups in total. The Morgan fingerprint density at radius 2 is 0.823 bits per heavy atom. The van der Waals surface area contributed by atoms with Gasteiger partial charge in [0.05, 0.1) is 5.69 Å². The second-order valence-corrected chi connectivity index (χ2v) is 15.8. The first-order chi connectivity index (χ1) is 30.6. The van der Waals surface area contributed by atoms with E-state index < -0.39 is 0 Å². The fourth-order valence-electron chi connectivity index (χ4n) is 8.93. The van der Waals surface area contributed by atoms with Crippen LogP contribution in [0.3, 0.4) is 0 Å². The lowest BCUT2D eigenvalue weighted by Gasteiger charge is -2.29. The number of aryl methyl sites for hydroxylation is 1. The largest absolute Gasteiger partial charge is 0.456 e. The third-order valence-corrected chi connectivity index (χ3v) is 11.9. The van der Waals surface area contributed by atoms with Gasteiger partial charge in [0, 0.05) is 50.8 Å². The van der Waals surface area contributed by atoms with Crippen molar-refractivity contribution in [2.75, 3.05) is 9.80 Å². The van der Waals surface area contributed by atoms with E-state index in [-0.39, 0.29) is 0 Å². The van der Waals surface area contributed by atoms with Crippen molar-refractivity contribution in [2.45, 2.75) is 6.92 Å². The standard InChI is InChI=1S/C59H42N2O/c1-41-16-13-29-57-59(41)54-35-34-53(40-58(54)62-57)61(56-39-48-20-12-11-19-47(48)38-55(56)44-17-5-2-6-18-44)52-28-15-22-46(37-52)43-32-30-42(31-33-43)45-21-14-27-51(36-45)60(49-23-7-3-8-24-49)50-25-9-4-10-26-50/h2-40H,1H3. The van der Waals surface area contributed by atoms with Crippen molar-refractivity contribution < 1.29 is 4.42 Å². The van der Waals surface area contributed by atoms with Crippen LogP contribution in [0.2, 0.25) is 0 Å². The number of fused-ring (bicyclic) bond motifs is 4. The smallest absolute Gasteiger partial charge is 0.137 e. The lowest BCUT2D eigenvalue weighted by molar-refractivity contribution is 0.669. The Morgan fingerprint density at radius 1 is 0.323 bits per heavy atom. The van der Waals surface area contributed by atoms with Gasteiger partial charge in [0.15, 0.2) is 0 Å². The van der Waals surface area contributed by atoms with Gasteiger partial charge in [-0.2, -0.15) is 0 Å². The van der Waals surface area contributed by atoms with Gasteiger partial charge in [-0.25, -0.2) is 0 Å². The van der Waals surface area contributed by atoms with E-state index in [0.717, 1.165) is 89.4 Å². The molecule has 0 aliphatic carbocycles. The number of benzene rings is 10. The summed E-state index contributed by atoms with van der Waals surface area (Å²) in [5, 5.41) is 4.67. The van der Waals surface area contributed by atoms with Crippen molar-refractivity contribution in [1.29, 1.82) is 0 Å². The highest BCUT2D eigenvalue weighted by Gasteiger charge is 2.21. The third-order valence-electron chi connectivity index (χ3n) is 11.9. The number of anilines is 6. The average molecular weight is 795 g/mol. The van der Waals surface area contributed by atoms with Gasteiger partial charge in [-0.1, -0.05) is 152 Å². The second-order valence-electron chi connectivity index (χ2n) is 15.8. The van der Waals surface area contributed by atoms with Gasteiger partial charge in [-0.05, 0) is 130 Å². The van der Waals surface area contributed by atoms with E-state index in [2.05, 4.69) is 253 Å². The lowest BCUT2D eigenvalue weighted by Crippen LogP contribution is -2.11. The molecule has 0 amide bonds. The summed E-state index contributed by atoms with van der Waals surface area (Å²) in [5.41, 5.74) is 16.4. The van der Waals surface area contributed by atoms with E-state index in [0.29, 0.717) is 0 Å². The normalized spacial score (nSPS) is 11.3. The Labute approximate surface area is 362 Å². The van der Waals surface area contributed by atoms with Gasteiger partial charge in [0.1, 0.15) is 11.2 Å². The summed E-state index contributed by atoms with van der Waals surface area (Å²) in [5.74, 6) is 0. The van der Waals surface area contributed by atoms with E-state index in [1.54, 1.807) is 0 Å². The minimum atomic E-state index is 0.866. The van der Waals surface area contributed by atoms with Crippen LogP contribution in [0.4, 0.5) is 34.1 Å². The van der Waals surface area contributed by atoms with Crippen LogP contribution in [0.25, 0.3) is 66.1 Å². The quantitative estimate of drug-likeness (QED) is 0.145. The zero-order chi connectivity index (χ0) is 41.4. The molecule has 0 bridgehead atoms. The number of rotatable bonds is 9. The highest BCUT2D eigenvalue weighted by atomic mass is 16.3. The summed E-state index contributed by atoms with van der Waals surface area (Å²) in [6, 6.07) is 84.7. The minimum absolute atomic E-state index is 0.866. The van der Waals surface area contributed by atoms with Crippen LogP contribution in [0, 0.1) is 6.92 Å². The van der Waals surface area contributed by atoms with E-state index in [9.17, 15) is 0 Å². The average Bonchev–Trinajstić information content (AvgIpc) is 3.72. The molecule has 10 aromatic carbocycles. The molecule has 0 spiro atoms. The van der Waals surface area contributed by atoms with Gasteiger partial charge >= 0.3 is 0 Å². The van der Waals surface area contributed by atoms with Crippen LogP contribution >= 0.6 is 0 Å². The Hall–Kier alpha value is -8.14. The Bertz CT molecular complexity index is 3320. The minimum Gasteiger partial charge on any atom is -0.456 e. The summed E-state index contributed by atoms with van der Waals surface area (Å²) in [6.45, 7) is 2.15. The second kappa shape index (κ2) is 15.8. The zero-order valence-electron chi connectivity index (χ0n) is 34.3. The van der Waals surface area contributed by atoms with Crippen molar-refractivity contribution in [3.05, 3.63) is 242 Å². The molecule has 0 aliphatic heterocycles. The van der Waals surface area contributed by atoms with Crippen molar-refractivity contribution in [1.82, 2.24) is 0 Å². The van der Waals surface area contributed by atoms with Gasteiger partial charge in [-0.15, -0.1) is 0 Å². The predicted molar refractivity (Wildman–Crippen MR) is 262 cm³/mol. The molecule has 62 heavy (non-hydrogen) atoms. The van der Waals surface area contributed by atoms with Gasteiger partial charge in [0.25, 0.3) is 0 Å². The first-order valence-electron chi connectivity index (χ1n) is 21.2. The Balaban J connectivity index is 1.01. The molecule has 11 aromatic rings. The van der Waals surface area contributed by atoms with Crippen LogP contribution in [-0.4, -0.2) is 0 Å². The molecule has 0 fully saturated rings. The summed E-state index contributed by atoms with van der Waals surface area (Å²) in [7, 11) is 0. The number of para-hydroxylation sites is 2. The van der Waals surface area contributed by atoms with E-state index >= 15 is 0 Å². The highest BCUT2D eigenvalue weighted by molar-refractivity contribution is 6.08. The molecule has 0 atom stereocenters. The molecule has 11 rings (SSSR count). The summed E-state index contributed by atoms with van der Waals surface area (Å²) < 4.78 is 6.56. The zero-order valence-corrected chi connectivity index (χ0v) is 34.3. The van der Waals surface area contributed by atoms with Crippen LogP contribution in [-0.2, 0) is 0 Å². The van der Waals surface area contributed by atoms with Gasteiger partial charge < -0.3 is 14.2 Å². The molecular weight excluding hydrogens is 753 g/mol. The maximum absolute atomic E-state index is 6.56. The number of hydrogen-bond donors (Lipinski definition) is 0. The monoisotopic (exact) mass is 794 g/mol. The fraction of sp³-hybridized carbons (Fsp3) is 0.0169. The predicted octanol–water partition coefficient (Wildman–Crippen LogP) is 17.0. The number of furan rings is 1. The fourth-order valence-corrected chi connectivity index (χ4v) is 8.93. The third kappa shape index (κ3) is 6.86. The van der Waals surface area contributed by atoms with Crippen LogP contribution in [0.1, 0.15) is 5.56 Å². The first-order valence-corrected chi connectivity index (χ1v) is 21.2. The SMILES string of the molecule is Cc1cccc2oc3cc(N(c4cccc(-c5ccc(-c6cccc(N(c7ccccc7)c7ccccc7)c6)cc5)c4)c4cc5ccccc5cc4-c4ccccc4)ccc3c12. The van der Waals surface area contributed by atoms with E-state index in [1.807, 2.05) is 0 Å². The van der Waals surface area contributed by atoms with Gasteiger partial charge in [-0.3, -0.25) is 0 Å². The maximum atomic E-state index is 6.56. The summed E-state index contributed by atoms with van der Waals surface area (Å²) >= 11 is 0. The highest BCUT2D eigenvalue weighted by Crippen LogP contribution is 2.45. The van der Waals surface area contributed by atoms with Gasteiger partial charge in [0.2, 0.25) is 0 Å². The topological polar surface area (TPSA) is 19.6 Å². The molecule has 3 nitrogen and oxygen atoms in total. The van der Waals surface area contributed by atoms with E-state index in [4.69, 9.17) is 4.42 Å². The molecule has 1 aromatic heterocycles. The molecule has 0 saturated heterocycles. The molecule has 0 aliphatic rings. The molecular formula is C59H42N2O. The molecule has 1 heterocycles. The van der Waals surface area contributed by atoms with Crippen molar-refractivity contribution >= 4 is 66.8 Å². The Morgan fingerprint density at radius 3 is 1.45 bits per heavy atom. The van der Waals surface area contributed by atoms with E-state index in [1.165, 1.54) is 16.3 Å². The van der Waals surface area contributed by atoms with Crippen LogP contribution in [0.5, 0.6) is 0 Å². The molecule has 0 radical (unpaired) electrons. The summed E-state index contributed by atoms with van der Waals surface area (Å²) in [4.78, 5) is 4.70. The van der Waals surface area contributed by atoms with Crippen molar-refractivity contribution in [2.24, 2.45) is 0 Å². The number of nitrogens with zero attached hydrogens (tertiary/aromatic N) is 2. The van der Waals surface area contributed by atoms with Crippen LogP contribution < -0.4 is 9.80 Å². The molecule has 3 heteroatoms. The summed E-state index contributed by atoms with van der Waals surface area (Å²) in [6.07, 6.45) is 0. The van der Waals surface area contributed by atoms with Crippen molar-refractivity contribution in [3.8, 4) is 33.4 Å². The van der Waals surface area contributed by atoms with Crippen molar-refractivity contribution in [3.63, 3.8) is 0 Å². The maximum Gasteiger partial charge on any atom is 0.137 e.